The number of unbranched alkanes of at least 4 members (excludes halogenated alkanes) is 32. The van der Waals surface area contributed by atoms with Gasteiger partial charge in [0.15, 0.2) is 0 Å². The first-order chi connectivity index (χ1) is 21.2. The van der Waals surface area contributed by atoms with E-state index in [1.807, 2.05) is 0 Å². The predicted octanol–water partition coefficient (Wildman–Crippen LogP) is 13.7. The Morgan fingerprint density at radius 1 is 0.279 bits per heavy atom. The summed E-state index contributed by atoms with van der Waals surface area (Å²) in [5.41, 5.74) is 0. The van der Waals surface area contributed by atoms with Crippen LogP contribution in [0.5, 0.6) is 0 Å². The van der Waals surface area contributed by atoms with E-state index in [4.69, 9.17) is 0 Å². The van der Waals surface area contributed by atoms with Gasteiger partial charge in [-0.25, -0.2) is 0 Å². The Labute approximate surface area is 271 Å². The summed E-state index contributed by atoms with van der Waals surface area (Å²) in [5, 5.41) is 2.61. The number of rotatable bonds is 36. The Morgan fingerprint density at radius 3 is 0.628 bits per heavy atom. The molecule has 0 radical (unpaired) electrons. The van der Waals surface area contributed by atoms with Crippen molar-refractivity contribution in [2.75, 3.05) is 0 Å². The molecule has 3 nitrogen and oxygen atoms in total. The molecular formula is C40H79NO2. The van der Waals surface area contributed by atoms with Crippen molar-refractivity contribution in [2.24, 2.45) is 0 Å². The number of hydrogen-bond donors (Lipinski definition) is 1. The van der Waals surface area contributed by atoms with Crippen LogP contribution in [0.1, 0.15) is 245 Å². The highest BCUT2D eigenvalue weighted by molar-refractivity contribution is 5.95. The predicted molar refractivity (Wildman–Crippen MR) is 191 cm³/mol. The lowest BCUT2D eigenvalue weighted by Crippen LogP contribution is -2.29. The normalized spacial score (nSPS) is 11.3. The highest BCUT2D eigenvalue weighted by atomic mass is 16.2. The van der Waals surface area contributed by atoms with E-state index >= 15 is 0 Å². The number of hydrogen-bond acceptors (Lipinski definition) is 2. The van der Waals surface area contributed by atoms with E-state index in [1.54, 1.807) is 0 Å². The number of carbonyl (C=O) groups excluding carboxylic acids is 2. The average molecular weight is 606 g/mol. The molecule has 0 aromatic carbocycles. The molecule has 0 aliphatic carbocycles. The van der Waals surface area contributed by atoms with Crippen molar-refractivity contribution in [1.82, 2.24) is 5.32 Å². The van der Waals surface area contributed by atoms with Gasteiger partial charge in [-0.05, 0) is 12.8 Å². The lowest BCUT2D eigenvalue weighted by molar-refractivity contribution is -0.130. The molecule has 0 aromatic rings. The minimum Gasteiger partial charge on any atom is -0.296 e. The van der Waals surface area contributed by atoms with E-state index in [0.717, 1.165) is 25.7 Å². The van der Waals surface area contributed by atoms with E-state index in [-0.39, 0.29) is 11.8 Å². The van der Waals surface area contributed by atoms with Gasteiger partial charge in [-0.3, -0.25) is 14.9 Å². The summed E-state index contributed by atoms with van der Waals surface area (Å²) in [6.45, 7) is 4.57. The Hall–Kier alpha value is -0.860. The second-order valence-electron chi connectivity index (χ2n) is 13.8. The Morgan fingerprint density at radius 2 is 0.442 bits per heavy atom. The number of carbonyl (C=O) groups is 2. The fourth-order valence-corrected chi connectivity index (χ4v) is 6.30. The first kappa shape index (κ1) is 42.1. The maximum absolute atomic E-state index is 12.1. The summed E-state index contributed by atoms with van der Waals surface area (Å²) in [5.74, 6) is -0.143. The van der Waals surface area contributed by atoms with Crippen LogP contribution in [0.25, 0.3) is 0 Å². The SMILES string of the molecule is CCCCCCCCCCCCCCCCCCCCCC(=O)NC(=O)CCCCCCCCCCCCCCCCC. The summed E-state index contributed by atoms with van der Waals surface area (Å²) >= 11 is 0. The molecule has 0 unspecified atom stereocenters. The molecule has 0 rings (SSSR count). The summed E-state index contributed by atoms with van der Waals surface area (Å²) in [7, 11) is 0. The van der Waals surface area contributed by atoms with Gasteiger partial charge in [-0.15, -0.1) is 0 Å². The highest BCUT2D eigenvalue weighted by Gasteiger charge is 2.07. The van der Waals surface area contributed by atoms with Gasteiger partial charge < -0.3 is 0 Å². The monoisotopic (exact) mass is 606 g/mol. The molecule has 0 spiro atoms. The summed E-state index contributed by atoms with van der Waals surface area (Å²) in [6, 6.07) is 0. The van der Waals surface area contributed by atoms with E-state index in [2.05, 4.69) is 19.2 Å². The molecule has 0 aliphatic rings. The van der Waals surface area contributed by atoms with Gasteiger partial charge in [0.25, 0.3) is 0 Å². The molecule has 0 saturated carbocycles. The molecule has 2 amide bonds. The fraction of sp³-hybridized carbons (Fsp3) is 0.950. The summed E-state index contributed by atoms with van der Waals surface area (Å²) in [6.07, 6.45) is 46.7. The van der Waals surface area contributed by atoms with Crippen LogP contribution in [0.2, 0.25) is 0 Å². The summed E-state index contributed by atoms with van der Waals surface area (Å²) < 4.78 is 0. The highest BCUT2D eigenvalue weighted by Crippen LogP contribution is 2.16. The maximum Gasteiger partial charge on any atom is 0.226 e. The molecule has 0 bridgehead atoms. The molecule has 256 valence electrons. The maximum atomic E-state index is 12.1. The number of imide groups is 1. The minimum absolute atomic E-state index is 0.0714. The van der Waals surface area contributed by atoms with Gasteiger partial charge in [0.2, 0.25) is 11.8 Å². The topological polar surface area (TPSA) is 46.2 Å². The molecule has 0 atom stereocenters. The second kappa shape index (κ2) is 37.3. The first-order valence-corrected chi connectivity index (χ1v) is 20.0. The van der Waals surface area contributed by atoms with Gasteiger partial charge >= 0.3 is 0 Å². The lowest BCUT2D eigenvalue weighted by Gasteiger charge is -2.05. The van der Waals surface area contributed by atoms with Crippen molar-refractivity contribution in [2.45, 2.75) is 245 Å². The zero-order valence-corrected chi connectivity index (χ0v) is 29.8. The standard InChI is InChI=1S/C40H79NO2/c1-3-5-7-9-11-13-15-17-19-20-21-22-24-26-28-30-32-34-36-38-40(43)41-39(42)37-35-33-31-29-27-25-23-18-16-14-12-10-8-6-4-2/h3-38H2,1-2H3,(H,41,42,43). The molecule has 43 heavy (non-hydrogen) atoms. The Bertz CT molecular complexity index is 561. The number of nitrogens with one attached hydrogen (secondary N) is 1. The fourth-order valence-electron chi connectivity index (χ4n) is 6.30. The second-order valence-corrected chi connectivity index (χ2v) is 13.8. The van der Waals surface area contributed by atoms with Crippen molar-refractivity contribution >= 4 is 11.8 Å². The van der Waals surface area contributed by atoms with Crippen LogP contribution in [0.15, 0.2) is 0 Å². The smallest absolute Gasteiger partial charge is 0.226 e. The minimum atomic E-state index is -0.0718. The molecule has 0 saturated heterocycles. The zero-order valence-electron chi connectivity index (χ0n) is 29.8. The van der Waals surface area contributed by atoms with Crippen LogP contribution in [0, 0.1) is 0 Å². The van der Waals surface area contributed by atoms with Crippen molar-refractivity contribution in [3.8, 4) is 0 Å². The molecular weight excluding hydrogens is 526 g/mol. The third-order valence-electron chi connectivity index (χ3n) is 9.29. The Balaban J connectivity index is 3.26. The zero-order chi connectivity index (χ0) is 31.3. The van der Waals surface area contributed by atoms with Crippen LogP contribution in [0.3, 0.4) is 0 Å². The molecule has 0 fully saturated rings. The molecule has 0 heterocycles. The van der Waals surface area contributed by atoms with Crippen LogP contribution < -0.4 is 5.32 Å². The third kappa shape index (κ3) is 37.2. The van der Waals surface area contributed by atoms with Crippen LogP contribution >= 0.6 is 0 Å². The molecule has 3 heteroatoms. The van der Waals surface area contributed by atoms with Gasteiger partial charge in [0.05, 0.1) is 0 Å². The first-order valence-electron chi connectivity index (χ1n) is 20.0. The van der Waals surface area contributed by atoms with Gasteiger partial charge in [-0.1, -0.05) is 219 Å². The van der Waals surface area contributed by atoms with Crippen LogP contribution in [-0.2, 0) is 9.59 Å². The van der Waals surface area contributed by atoms with Gasteiger partial charge in [0, 0.05) is 12.8 Å². The third-order valence-corrected chi connectivity index (χ3v) is 9.29. The van der Waals surface area contributed by atoms with Crippen molar-refractivity contribution in [1.29, 1.82) is 0 Å². The van der Waals surface area contributed by atoms with Crippen molar-refractivity contribution in [3.63, 3.8) is 0 Å². The van der Waals surface area contributed by atoms with Crippen LogP contribution in [0.4, 0.5) is 0 Å². The Kier molecular flexibility index (Phi) is 36.6. The lowest BCUT2D eigenvalue weighted by atomic mass is 10.0. The molecule has 0 aliphatic heterocycles. The van der Waals surface area contributed by atoms with Gasteiger partial charge in [-0.2, -0.15) is 0 Å². The van der Waals surface area contributed by atoms with Gasteiger partial charge in [0.1, 0.15) is 0 Å². The average Bonchev–Trinajstić information content (AvgIpc) is 3.00. The largest absolute Gasteiger partial charge is 0.296 e. The van der Waals surface area contributed by atoms with Crippen molar-refractivity contribution < 1.29 is 9.59 Å². The van der Waals surface area contributed by atoms with Crippen LogP contribution in [-0.4, -0.2) is 11.8 Å². The molecule has 0 aromatic heterocycles. The summed E-state index contributed by atoms with van der Waals surface area (Å²) in [4.78, 5) is 24.1. The van der Waals surface area contributed by atoms with E-state index in [0.29, 0.717) is 12.8 Å². The van der Waals surface area contributed by atoms with E-state index in [1.165, 1.54) is 193 Å². The molecule has 1 N–H and O–H groups in total. The van der Waals surface area contributed by atoms with Crippen molar-refractivity contribution in [3.05, 3.63) is 0 Å². The van der Waals surface area contributed by atoms with E-state index < -0.39 is 0 Å². The number of amides is 2. The quantitative estimate of drug-likeness (QED) is 0.0722. The van der Waals surface area contributed by atoms with E-state index in [9.17, 15) is 9.59 Å².